The fourth-order valence-electron chi connectivity index (χ4n) is 3.09. The van der Waals surface area contributed by atoms with E-state index in [1.54, 1.807) is 0 Å². The minimum absolute atomic E-state index is 0.345. The molecule has 0 spiro atoms. The van der Waals surface area contributed by atoms with Crippen molar-refractivity contribution in [2.75, 3.05) is 19.4 Å². The molecule has 32 heavy (non-hydrogen) atoms. The molecule has 0 aliphatic rings. The molecule has 0 rings (SSSR count). The van der Waals surface area contributed by atoms with E-state index in [-0.39, 0.29) is 0 Å². The number of unbranched alkanes of at least 4 members (excludes halogenated alkanes) is 12. The maximum atomic E-state index is 10.5. The van der Waals surface area contributed by atoms with Gasteiger partial charge in [-0.25, -0.2) is 0 Å². The van der Waals surface area contributed by atoms with Crippen LogP contribution in [0.5, 0.6) is 0 Å². The van der Waals surface area contributed by atoms with Crippen LogP contribution in [0.2, 0.25) is 0 Å². The largest absolute Gasteiger partial charge is 0.481 e. The molecule has 0 atom stereocenters. The van der Waals surface area contributed by atoms with E-state index in [4.69, 9.17) is 25.1 Å². The van der Waals surface area contributed by atoms with Crippen molar-refractivity contribution in [2.24, 2.45) is 0 Å². The standard InChI is InChI=1S/C16H32O2.C5H10NO7P/c1-2-3-4-5-6-7-8-9-10-11-12-13-14-15-16(17)18;7-4(8)1-6(2-5(9)10)3-14(11,12)13/h2-15H2,1H3,(H,17,18);1-3H2,(H,7,8)(H,9,10)(H2,11,12,13). The Morgan fingerprint density at radius 1 is 0.625 bits per heavy atom. The molecule has 190 valence electrons. The van der Waals surface area contributed by atoms with Crippen LogP contribution < -0.4 is 0 Å². The second-order valence-corrected chi connectivity index (χ2v) is 9.58. The highest BCUT2D eigenvalue weighted by molar-refractivity contribution is 7.51. The van der Waals surface area contributed by atoms with Gasteiger partial charge in [-0.15, -0.1) is 0 Å². The number of rotatable bonds is 20. The first kappa shape index (κ1) is 32.7. The predicted octanol–water partition coefficient (Wildman–Crippen LogP) is 4.15. The Hall–Kier alpha value is -1.48. The van der Waals surface area contributed by atoms with Gasteiger partial charge in [0.05, 0.1) is 13.1 Å². The van der Waals surface area contributed by atoms with E-state index in [2.05, 4.69) is 6.92 Å². The van der Waals surface area contributed by atoms with Crippen LogP contribution in [0.4, 0.5) is 0 Å². The predicted molar refractivity (Wildman–Crippen MR) is 122 cm³/mol. The van der Waals surface area contributed by atoms with Gasteiger partial charge in [0.1, 0.15) is 6.29 Å². The number of hydrogen-bond donors (Lipinski definition) is 5. The summed E-state index contributed by atoms with van der Waals surface area (Å²) in [6.45, 7) is 0.811. The maximum absolute atomic E-state index is 10.5. The Kier molecular flexibility index (Phi) is 21.8. The molecule has 0 aliphatic heterocycles. The van der Waals surface area contributed by atoms with Crippen molar-refractivity contribution in [1.29, 1.82) is 0 Å². The molecule has 0 aromatic carbocycles. The topological polar surface area (TPSA) is 173 Å². The van der Waals surface area contributed by atoms with E-state index >= 15 is 0 Å². The summed E-state index contributed by atoms with van der Waals surface area (Å²) in [6, 6.07) is 0. The lowest BCUT2D eigenvalue weighted by molar-refractivity contribution is -0.141. The summed E-state index contributed by atoms with van der Waals surface area (Å²) in [4.78, 5) is 48.3. The third kappa shape index (κ3) is 30.7. The van der Waals surface area contributed by atoms with Crippen molar-refractivity contribution in [2.45, 2.75) is 96.8 Å². The number of aliphatic carboxylic acids is 3. The lowest BCUT2D eigenvalue weighted by Crippen LogP contribution is -2.35. The summed E-state index contributed by atoms with van der Waals surface area (Å²) in [7, 11) is -4.44. The van der Waals surface area contributed by atoms with Gasteiger partial charge in [-0.3, -0.25) is 23.8 Å². The molecule has 0 aromatic rings. The number of carbonyl (C=O) groups is 3. The second-order valence-electron chi connectivity index (χ2n) is 7.97. The SMILES string of the molecule is CCCCCCCCCCCCCCCC(=O)O.O=C(O)CN(CC(=O)O)CP(=O)(O)O. The third-order valence-electron chi connectivity index (χ3n) is 4.60. The highest BCUT2D eigenvalue weighted by Gasteiger charge is 2.22. The van der Waals surface area contributed by atoms with Gasteiger partial charge < -0.3 is 25.1 Å². The van der Waals surface area contributed by atoms with Gasteiger partial charge in [0.15, 0.2) is 0 Å². The summed E-state index contributed by atoms with van der Waals surface area (Å²) in [5, 5.41) is 25.1. The third-order valence-corrected chi connectivity index (χ3v) is 5.36. The van der Waals surface area contributed by atoms with E-state index < -0.39 is 44.9 Å². The fraction of sp³-hybridized carbons (Fsp3) is 0.857. The summed E-state index contributed by atoms with van der Waals surface area (Å²) in [5.74, 6) is -3.35. The lowest BCUT2D eigenvalue weighted by Gasteiger charge is -2.17. The average molecular weight is 484 g/mol. The first-order valence-corrected chi connectivity index (χ1v) is 13.2. The van der Waals surface area contributed by atoms with E-state index in [9.17, 15) is 18.9 Å². The Bertz CT molecular complexity index is 535. The Morgan fingerprint density at radius 2 is 0.969 bits per heavy atom. The van der Waals surface area contributed by atoms with Crippen molar-refractivity contribution < 1.29 is 44.1 Å². The second kappa shape index (κ2) is 21.4. The zero-order valence-corrected chi connectivity index (χ0v) is 20.2. The van der Waals surface area contributed by atoms with E-state index in [0.717, 1.165) is 12.8 Å². The lowest BCUT2D eigenvalue weighted by atomic mass is 10.0. The molecule has 0 saturated carbocycles. The van der Waals surface area contributed by atoms with Gasteiger partial charge in [0.2, 0.25) is 0 Å². The van der Waals surface area contributed by atoms with Crippen molar-refractivity contribution in [3.63, 3.8) is 0 Å². The Balaban J connectivity index is 0. The molecule has 10 nitrogen and oxygen atoms in total. The Morgan fingerprint density at radius 3 is 1.25 bits per heavy atom. The molecule has 0 fully saturated rings. The van der Waals surface area contributed by atoms with Crippen molar-refractivity contribution in [3.8, 4) is 0 Å². The quantitative estimate of drug-likeness (QED) is 0.125. The number of hydrogen-bond acceptors (Lipinski definition) is 5. The number of nitrogens with zero attached hydrogens (tertiary/aromatic N) is 1. The molecule has 0 bridgehead atoms. The Labute approximate surface area is 191 Å². The zero-order valence-electron chi connectivity index (χ0n) is 19.3. The van der Waals surface area contributed by atoms with Crippen LogP contribution in [0, 0.1) is 0 Å². The molecule has 0 amide bonds. The van der Waals surface area contributed by atoms with Crippen LogP contribution in [0.3, 0.4) is 0 Å². The average Bonchev–Trinajstić information content (AvgIpc) is 2.63. The summed E-state index contributed by atoms with van der Waals surface area (Å²) in [6.07, 6.45) is 16.4. The smallest absolute Gasteiger partial charge is 0.339 e. The van der Waals surface area contributed by atoms with Crippen molar-refractivity contribution >= 4 is 25.5 Å². The molecule has 0 aromatic heterocycles. The summed E-state index contributed by atoms with van der Waals surface area (Å²) in [5.41, 5.74) is 0. The molecule has 0 radical (unpaired) electrons. The monoisotopic (exact) mass is 483 g/mol. The van der Waals surface area contributed by atoms with Gasteiger partial charge in [0.25, 0.3) is 0 Å². The van der Waals surface area contributed by atoms with Crippen LogP contribution in [0.25, 0.3) is 0 Å². The highest BCUT2D eigenvalue weighted by atomic mass is 31.2. The van der Waals surface area contributed by atoms with E-state index in [1.165, 1.54) is 70.6 Å². The first-order chi connectivity index (χ1) is 15.0. The van der Waals surface area contributed by atoms with E-state index in [0.29, 0.717) is 11.3 Å². The molecule has 0 heterocycles. The van der Waals surface area contributed by atoms with Gasteiger partial charge in [-0.1, -0.05) is 84.0 Å². The minimum atomic E-state index is -4.44. The summed E-state index contributed by atoms with van der Waals surface area (Å²) < 4.78 is 10.5. The van der Waals surface area contributed by atoms with Crippen LogP contribution in [-0.2, 0) is 18.9 Å². The maximum Gasteiger partial charge on any atom is 0.339 e. The van der Waals surface area contributed by atoms with Crippen molar-refractivity contribution in [3.05, 3.63) is 0 Å². The molecule has 11 heteroatoms. The summed E-state index contributed by atoms with van der Waals surface area (Å²) >= 11 is 0. The minimum Gasteiger partial charge on any atom is -0.481 e. The van der Waals surface area contributed by atoms with Crippen LogP contribution in [0.1, 0.15) is 96.8 Å². The molecule has 5 N–H and O–H groups in total. The fourth-order valence-corrected chi connectivity index (χ4v) is 3.81. The van der Waals surface area contributed by atoms with Gasteiger partial charge in [0, 0.05) is 6.42 Å². The van der Waals surface area contributed by atoms with Crippen LogP contribution in [0.15, 0.2) is 0 Å². The van der Waals surface area contributed by atoms with Gasteiger partial charge >= 0.3 is 25.5 Å². The van der Waals surface area contributed by atoms with Crippen LogP contribution >= 0.6 is 7.60 Å². The molecule has 0 saturated heterocycles. The zero-order chi connectivity index (χ0) is 24.8. The number of carboxylic acids is 3. The van der Waals surface area contributed by atoms with Gasteiger partial charge in [-0.2, -0.15) is 0 Å². The van der Waals surface area contributed by atoms with Crippen LogP contribution in [-0.4, -0.2) is 67.3 Å². The normalized spacial score (nSPS) is 11.1. The molecular weight excluding hydrogens is 441 g/mol. The first-order valence-electron chi connectivity index (χ1n) is 11.4. The van der Waals surface area contributed by atoms with Crippen molar-refractivity contribution in [1.82, 2.24) is 4.90 Å². The molecular formula is C21H42NO9P. The van der Waals surface area contributed by atoms with E-state index in [1.807, 2.05) is 0 Å². The number of carboxylic acid groups (broad SMARTS) is 3. The van der Waals surface area contributed by atoms with Gasteiger partial charge in [-0.05, 0) is 6.42 Å². The molecule has 0 unspecified atom stereocenters. The molecule has 0 aliphatic carbocycles. The highest BCUT2D eigenvalue weighted by Crippen LogP contribution is 2.34.